The first kappa shape index (κ1) is 26.4. The number of imide groups is 1. The van der Waals surface area contributed by atoms with Crippen molar-refractivity contribution in [2.75, 3.05) is 11.9 Å². The van der Waals surface area contributed by atoms with E-state index < -0.39 is 16.9 Å². The summed E-state index contributed by atoms with van der Waals surface area (Å²) in [5.41, 5.74) is 3.40. The highest BCUT2D eigenvalue weighted by Crippen LogP contribution is 2.36. The number of fused-ring (bicyclic) bond motifs is 2. The van der Waals surface area contributed by atoms with Gasteiger partial charge in [-0.3, -0.25) is 14.5 Å². The smallest absolute Gasteiger partial charge is 0.261 e. The Morgan fingerprint density at radius 1 is 1.00 bits per heavy atom. The van der Waals surface area contributed by atoms with E-state index in [2.05, 4.69) is 25.0 Å². The van der Waals surface area contributed by atoms with Crippen molar-refractivity contribution in [3.63, 3.8) is 0 Å². The lowest BCUT2D eigenvalue weighted by molar-refractivity contribution is 0.0500. The van der Waals surface area contributed by atoms with Gasteiger partial charge in [0, 0.05) is 35.9 Å². The van der Waals surface area contributed by atoms with Gasteiger partial charge in [0.25, 0.3) is 11.8 Å². The molecular formula is C28H27ClN6O4S. The van der Waals surface area contributed by atoms with Crippen molar-refractivity contribution < 1.29 is 18.0 Å². The van der Waals surface area contributed by atoms with Gasteiger partial charge in [0.15, 0.2) is 0 Å². The second kappa shape index (κ2) is 11.0. The minimum Gasteiger partial charge on any atom is -0.367 e. The Bertz CT molecular complexity index is 1640. The van der Waals surface area contributed by atoms with Crippen molar-refractivity contribution in [3.05, 3.63) is 77.2 Å². The molecule has 6 rings (SSSR count). The van der Waals surface area contributed by atoms with Gasteiger partial charge in [-0.2, -0.15) is 0 Å². The zero-order valence-corrected chi connectivity index (χ0v) is 23.0. The average Bonchev–Trinajstić information content (AvgIpc) is 3.49. The van der Waals surface area contributed by atoms with Gasteiger partial charge in [0.2, 0.25) is 10.9 Å². The van der Waals surface area contributed by atoms with Gasteiger partial charge in [0.05, 0.1) is 17.2 Å². The number of nitrogens with zero attached hydrogens (tertiary/aromatic N) is 3. The summed E-state index contributed by atoms with van der Waals surface area (Å²) in [7, 11) is -2.87. The Kier molecular flexibility index (Phi) is 7.26. The molecule has 4 heterocycles. The molecule has 1 saturated carbocycles. The van der Waals surface area contributed by atoms with Crippen LogP contribution in [0.5, 0.6) is 0 Å². The molecule has 0 saturated heterocycles. The van der Waals surface area contributed by atoms with Crippen LogP contribution in [0.3, 0.4) is 0 Å². The van der Waals surface area contributed by atoms with Crippen LogP contribution in [-0.4, -0.2) is 58.7 Å². The van der Waals surface area contributed by atoms with Crippen LogP contribution in [0.25, 0.3) is 22.2 Å². The lowest BCUT2D eigenvalue weighted by atomic mass is 9.80. The molecule has 3 aromatic heterocycles. The van der Waals surface area contributed by atoms with E-state index in [4.69, 9.17) is 11.6 Å². The van der Waals surface area contributed by atoms with E-state index in [1.165, 1.54) is 4.90 Å². The van der Waals surface area contributed by atoms with Gasteiger partial charge in [-0.05, 0) is 73.6 Å². The first-order valence-electron chi connectivity index (χ1n) is 13.1. The van der Waals surface area contributed by atoms with E-state index in [0.717, 1.165) is 35.0 Å². The summed E-state index contributed by atoms with van der Waals surface area (Å²) < 4.78 is 25.1. The number of amides is 2. The number of benzene rings is 1. The number of thiol groups is 1. The summed E-state index contributed by atoms with van der Waals surface area (Å²) in [5, 5.41) is 4.86. The number of aromatic nitrogens is 3. The molecule has 206 valence electrons. The lowest BCUT2D eigenvalue weighted by Crippen LogP contribution is -2.50. The second-order valence-corrected chi connectivity index (χ2v) is 11.4. The third-order valence-electron chi connectivity index (χ3n) is 7.81. The number of nitrogens with one attached hydrogen (secondary N) is 3. The minimum absolute atomic E-state index is 0.00831. The zero-order valence-electron chi connectivity index (χ0n) is 21.3. The van der Waals surface area contributed by atoms with Crippen LogP contribution in [0.1, 0.15) is 46.4 Å². The Balaban J connectivity index is 1.17. The highest BCUT2D eigenvalue weighted by molar-refractivity contribution is 7.70. The zero-order chi connectivity index (χ0) is 27.8. The maximum Gasteiger partial charge on any atom is 0.261 e. The molecule has 1 aromatic carbocycles. The Labute approximate surface area is 237 Å². The number of H-pyrrole nitrogens is 1. The summed E-state index contributed by atoms with van der Waals surface area (Å²) in [6.45, 7) is -0.00831. The topological polar surface area (TPSA) is 137 Å². The quantitative estimate of drug-likeness (QED) is 0.141. The van der Waals surface area contributed by atoms with Gasteiger partial charge in [-0.1, -0.05) is 23.7 Å². The third kappa shape index (κ3) is 5.07. The molecule has 2 amide bonds. The van der Waals surface area contributed by atoms with Gasteiger partial charge < -0.3 is 10.3 Å². The average molecular weight is 579 g/mol. The van der Waals surface area contributed by atoms with Crippen LogP contribution >= 0.6 is 11.6 Å². The van der Waals surface area contributed by atoms with Crippen molar-refractivity contribution in [2.45, 2.75) is 37.8 Å². The summed E-state index contributed by atoms with van der Waals surface area (Å²) >= 11 is 6.40. The lowest BCUT2D eigenvalue weighted by Gasteiger charge is -2.37. The van der Waals surface area contributed by atoms with Crippen LogP contribution in [0.4, 0.5) is 5.82 Å². The van der Waals surface area contributed by atoms with Crippen molar-refractivity contribution in [3.8, 4) is 11.1 Å². The number of halogens is 1. The molecule has 4 aromatic rings. The fourth-order valence-electron chi connectivity index (χ4n) is 5.92. The van der Waals surface area contributed by atoms with Gasteiger partial charge in [-0.15, -0.1) is 0 Å². The van der Waals surface area contributed by atoms with E-state index in [1.807, 2.05) is 30.5 Å². The molecule has 0 bridgehead atoms. The number of rotatable bonds is 8. The van der Waals surface area contributed by atoms with Gasteiger partial charge in [-0.25, -0.2) is 23.1 Å². The number of anilines is 1. The summed E-state index contributed by atoms with van der Waals surface area (Å²) in [5.74, 6) is -0.149. The minimum atomic E-state index is -2.87. The van der Waals surface area contributed by atoms with Crippen LogP contribution in [-0.2, 0) is 10.9 Å². The molecule has 1 unspecified atom stereocenters. The predicted molar refractivity (Wildman–Crippen MR) is 153 cm³/mol. The fourth-order valence-corrected chi connectivity index (χ4v) is 6.47. The normalized spacial score (nSPS) is 19.8. The van der Waals surface area contributed by atoms with Gasteiger partial charge in [0.1, 0.15) is 16.6 Å². The van der Waals surface area contributed by atoms with Crippen molar-refractivity contribution >= 4 is 51.2 Å². The maximum atomic E-state index is 13.2. The first-order valence-corrected chi connectivity index (χ1v) is 14.7. The monoisotopic (exact) mass is 578 g/mol. The standard InChI is InChI=1S/C28H27ClN6O4S/c29-24-12-17(22-14-31-26-19(22)6-3-11-30-26)13-25(34-24)33-18-9-7-16(8-10-18)23(15-32-40(38)39)35-27(36)20-4-1-2-5-21(20)28(35)37/h1-6,11-14,16,18,23,40H,7-10,15H2,(H,30,31)(H,33,34)(H,32,38,39). The van der Waals surface area contributed by atoms with Crippen LogP contribution in [0.2, 0.25) is 5.15 Å². The highest BCUT2D eigenvalue weighted by atomic mass is 35.5. The molecule has 0 spiro atoms. The van der Waals surface area contributed by atoms with E-state index in [1.54, 1.807) is 30.5 Å². The molecule has 40 heavy (non-hydrogen) atoms. The highest BCUT2D eigenvalue weighted by Gasteiger charge is 2.43. The molecule has 1 aliphatic heterocycles. The number of pyridine rings is 2. The number of carbonyl (C=O) groups excluding carboxylic acids is 2. The molecule has 0 radical (unpaired) electrons. The molecular weight excluding hydrogens is 552 g/mol. The molecule has 1 fully saturated rings. The number of carbonyl (C=O) groups is 2. The molecule has 1 atom stereocenters. The fraction of sp³-hybridized carbons (Fsp3) is 0.286. The third-order valence-corrected chi connectivity index (χ3v) is 8.45. The number of hydrogen-bond acceptors (Lipinski definition) is 7. The summed E-state index contributed by atoms with van der Waals surface area (Å²) in [4.78, 5) is 39.6. The molecule has 10 nitrogen and oxygen atoms in total. The molecule has 3 N–H and O–H groups in total. The summed E-state index contributed by atoms with van der Waals surface area (Å²) in [6, 6.07) is 13.9. The van der Waals surface area contributed by atoms with Crippen molar-refractivity contribution in [2.24, 2.45) is 5.92 Å². The van der Waals surface area contributed by atoms with Crippen LogP contribution in [0.15, 0.2) is 60.9 Å². The first-order chi connectivity index (χ1) is 19.4. The van der Waals surface area contributed by atoms with Gasteiger partial charge >= 0.3 is 0 Å². The van der Waals surface area contributed by atoms with Crippen molar-refractivity contribution in [1.82, 2.24) is 24.6 Å². The SMILES string of the molecule is O=C1c2ccccc2C(=O)N1C(CN[SH](=O)=O)C1CCC(Nc2cc(-c3c[nH]c4ncccc34)cc(Cl)n2)CC1. The maximum absolute atomic E-state index is 13.2. The predicted octanol–water partition coefficient (Wildman–Crippen LogP) is 4.03. The second-order valence-electron chi connectivity index (χ2n) is 10.1. The van der Waals surface area contributed by atoms with E-state index in [0.29, 0.717) is 34.9 Å². The Hall–Kier alpha value is -3.80. The Morgan fingerprint density at radius 3 is 2.42 bits per heavy atom. The van der Waals surface area contributed by atoms with E-state index in [9.17, 15) is 18.0 Å². The largest absolute Gasteiger partial charge is 0.367 e. The van der Waals surface area contributed by atoms with Crippen LogP contribution in [0, 0.1) is 5.92 Å². The Morgan fingerprint density at radius 2 is 1.73 bits per heavy atom. The van der Waals surface area contributed by atoms with Crippen molar-refractivity contribution in [1.29, 1.82) is 0 Å². The van der Waals surface area contributed by atoms with E-state index >= 15 is 0 Å². The molecule has 2 aliphatic rings. The van der Waals surface area contributed by atoms with Crippen LogP contribution < -0.4 is 10.0 Å². The molecule has 12 heteroatoms. The molecule has 1 aliphatic carbocycles. The number of hydrogen-bond donors (Lipinski definition) is 4. The number of aromatic amines is 1. The summed E-state index contributed by atoms with van der Waals surface area (Å²) in [6.07, 6.45) is 6.56. The van der Waals surface area contributed by atoms with E-state index in [-0.39, 0.29) is 30.3 Å².